The third-order valence-corrected chi connectivity index (χ3v) is 6.28. The van der Waals surface area contributed by atoms with Gasteiger partial charge < -0.3 is 19.1 Å². The average Bonchev–Trinajstić information content (AvgIpc) is 3.26. The first kappa shape index (κ1) is 26.0. The van der Waals surface area contributed by atoms with Crippen molar-refractivity contribution in [1.29, 1.82) is 5.41 Å². The summed E-state index contributed by atoms with van der Waals surface area (Å²) in [6.45, 7) is 11.3. The van der Waals surface area contributed by atoms with Crippen molar-refractivity contribution in [2.45, 2.75) is 53.0 Å². The average molecular weight is 535 g/mol. The zero-order valence-electron chi connectivity index (χ0n) is 20.3. The number of hydrogen-bond donors (Lipinski definition) is 1. The molecule has 0 fully saturated rings. The number of rotatable bonds is 8. The molecule has 1 N–H and O–H groups in total. The molecule has 0 aromatic heterocycles. The number of benzene rings is 2. The molecule has 0 radical (unpaired) electrons. The highest BCUT2D eigenvalue weighted by Crippen LogP contribution is 2.42. The van der Waals surface area contributed by atoms with Crippen LogP contribution in [0.25, 0.3) is 0 Å². The fraction of sp³-hybridized carbons (Fsp3) is 0.462. The van der Waals surface area contributed by atoms with Gasteiger partial charge in [-0.15, -0.1) is 17.0 Å². The third-order valence-electron chi connectivity index (χ3n) is 6.28. The van der Waals surface area contributed by atoms with Crippen molar-refractivity contribution in [1.82, 2.24) is 4.90 Å². The van der Waals surface area contributed by atoms with Crippen molar-refractivity contribution in [2.75, 3.05) is 26.4 Å². The molecule has 0 amide bonds. The number of carbonyl (C=O) groups is 1. The summed E-state index contributed by atoms with van der Waals surface area (Å²) in [6, 6.07) is 5.52. The number of nitrogens with one attached hydrogen (secondary N) is 1. The highest BCUT2D eigenvalue weighted by atomic mass is 79.9. The van der Waals surface area contributed by atoms with Gasteiger partial charge in [-0.2, -0.15) is 0 Å². The number of amidine groups is 1. The molecule has 34 heavy (non-hydrogen) atoms. The lowest BCUT2D eigenvalue weighted by molar-refractivity contribution is 0.0962. The lowest BCUT2D eigenvalue weighted by atomic mass is 9.84. The molecule has 0 saturated heterocycles. The summed E-state index contributed by atoms with van der Waals surface area (Å²) in [6.07, 6.45) is 0.760. The van der Waals surface area contributed by atoms with Crippen molar-refractivity contribution >= 4 is 28.6 Å². The first-order valence-corrected chi connectivity index (χ1v) is 11.5. The molecule has 2 heterocycles. The summed E-state index contributed by atoms with van der Waals surface area (Å²) >= 11 is 0. The van der Waals surface area contributed by atoms with Gasteiger partial charge in [0.05, 0.1) is 31.9 Å². The molecule has 2 aliphatic heterocycles. The van der Waals surface area contributed by atoms with E-state index in [2.05, 4.69) is 13.8 Å². The zero-order valence-corrected chi connectivity index (χ0v) is 22.1. The summed E-state index contributed by atoms with van der Waals surface area (Å²) in [7, 11) is 0. The molecule has 0 aliphatic carbocycles. The molecule has 6 nitrogen and oxygen atoms in total. The quantitative estimate of drug-likeness (QED) is 0.455. The van der Waals surface area contributed by atoms with Crippen LogP contribution in [-0.2, 0) is 18.4 Å². The van der Waals surface area contributed by atoms with Crippen molar-refractivity contribution in [3.8, 4) is 17.2 Å². The van der Waals surface area contributed by atoms with Crippen molar-refractivity contribution in [3.05, 3.63) is 51.8 Å². The van der Waals surface area contributed by atoms with E-state index in [-0.39, 0.29) is 65.0 Å². The topological polar surface area (TPSA) is 71.9 Å². The molecular weight excluding hydrogens is 503 g/mol. The first-order valence-electron chi connectivity index (χ1n) is 11.5. The number of fused-ring (bicyclic) bond motifs is 2. The SMILES string of the molecule is Br.CCOc1cc2c(c(F)c1OCC)C(=N)N(CC(=O)c1cc(CC)c3c(c1)C(C)(C)CO3)C2. The third kappa shape index (κ3) is 4.40. The summed E-state index contributed by atoms with van der Waals surface area (Å²) in [5.74, 6) is 0.495. The Balaban J connectivity index is 0.00000324. The monoisotopic (exact) mass is 534 g/mol. The van der Waals surface area contributed by atoms with E-state index in [9.17, 15) is 4.79 Å². The van der Waals surface area contributed by atoms with Gasteiger partial charge in [-0.05, 0) is 49.6 Å². The van der Waals surface area contributed by atoms with Gasteiger partial charge in [0.1, 0.15) is 11.6 Å². The maximum atomic E-state index is 15.3. The summed E-state index contributed by atoms with van der Waals surface area (Å²) in [5, 5.41) is 8.57. The van der Waals surface area contributed by atoms with Gasteiger partial charge in [-0.3, -0.25) is 10.2 Å². The Bertz CT molecular complexity index is 1130. The second-order valence-electron chi connectivity index (χ2n) is 9.08. The molecule has 184 valence electrons. The Labute approximate surface area is 210 Å². The Hall–Kier alpha value is -2.61. The van der Waals surface area contributed by atoms with Gasteiger partial charge in [-0.25, -0.2) is 4.39 Å². The Morgan fingerprint density at radius 2 is 1.88 bits per heavy atom. The van der Waals surface area contributed by atoms with E-state index in [1.807, 2.05) is 26.0 Å². The Morgan fingerprint density at radius 1 is 1.18 bits per heavy atom. The van der Waals surface area contributed by atoms with E-state index < -0.39 is 5.82 Å². The smallest absolute Gasteiger partial charge is 0.197 e. The van der Waals surface area contributed by atoms with E-state index >= 15 is 4.39 Å². The molecule has 0 unspecified atom stereocenters. The number of carbonyl (C=O) groups excluding carboxylic acids is 1. The Morgan fingerprint density at radius 3 is 2.53 bits per heavy atom. The largest absolute Gasteiger partial charge is 0.492 e. The number of aryl methyl sites for hydroxylation is 1. The van der Waals surface area contributed by atoms with Crippen molar-refractivity contribution in [3.63, 3.8) is 0 Å². The number of nitrogens with zero attached hydrogens (tertiary/aromatic N) is 1. The van der Waals surface area contributed by atoms with Crippen molar-refractivity contribution in [2.24, 2.45) is 0 Å². The number of ether oxygens (including phenoxy) is 3. The lowest BCUT2D eigenvalue weighted by Crippen LogP contribution is -2.30. The fourth-order valence-electron chi connectivity index (χ4n) is 4.54. The molecule has 2 aromatic rings. The van der Waals surface area contributed by atoms with Crippen LogP contribution in [-0.4, -0.2) is 42.9 Å². The molecule has 0 bridgehead atoms. The normalized spacial score (nSPS) is 15.4. The van der Waals surface area contributed by atoms with Crippen LogP contribution in [0, 0.1) is 11.2 Å². The number of Topliss-reactive ketones (excluding diaryl/α,β-unsaturated/α-hetero) is 1. The fourth-order valence-corrected chi connectivity index (χ4v) is 4.54. The summed E-state index contributed by atoms with van der Waals surface area (Å²) < 4.78 is 32.3. The second-order valence-corrected chi connectivity index (χ2v) is 9.08. The van der Waals surface area contributed by atoms with Gasteiger partial charge in [0.2, 0.25) is 0 Å². The molecular formula is C26H32BrFN2O4. The van der Waals surface area contributed by atoms with Gasteiger partial charge in [0, 0.05) is 23.1 Å². The summed E-state index contributed by atoms with van der Waals surface area (Å²) in [4.78, 5) is 14.9. The standard InChI is InChI=1S/C26H31FN2O4.BrH/c1-6-15-9-16(10-18-23(15)33-14-26(18,4)5)19(30)13-29-12-17-11-20(31-7-2)24(32-8-3)22(27)21(17)25(29)28;/h9-11,28H,6-8,12-14H2,1-5H3;1H. The van der Waals surface area contributed by atoms with Gasteiger partial charge >= 0.3 is 0 Å². The molecule has 8 heteroatoms. The van der Waals surface area contributed by atoms with Gasteiger partial charge in [-0.1, -0.05) is 20.8 Å². The summed E-state index contributed by atoms with van der Waals surface area (Å²) in [5.41, 5.74) is 3.27. The van der Waals surface area contributed by atoms with Crippen LogP contribution in [0.15, 0.2) is 18.2 Å². The van der Waals surface area contributed by atoms with Crippen LogP contribution in [0.4, 0.5) is 4.39 Å². The first-order chi connectivity index (χ1) is 15.7. The minimum absolute atomic E-state index is 0. The van der Waals surface area contributed by atoms with Crippen LogP contribution < -0.4 is 14.2 Å². The number of halogens is 2. The van der Waals surface area contributed by atoms with Crippen LogP contribution >= 0.6 is 17.0 Å². The van der Waals surface area contributed by atoms with Gasteiger partial charge in [0.15, 0.2) is 23.1 Å². The van der Waals surface area contributed by atoms with E-state index in [0.717, 1.165) is 23.3 Å². The number of hydrogen-bond acceptors (Lipinski definition) is 5. The highest BCUT2D eigenvalue weighted by molar-refractivity contribution is 8.93. The van der Waals surface area contributed by atoms with Gasteiger partial charge in [0.25, 0.3) is 0 Å². The molecule has 4 rings (SSSR count). The highest BCUT2D eigenvalue weighted by Gasteiger charge is 2.36. The van der Waals surface area contributed by atoms with E-state index in [0.29, 0.717) is 30.1 Å². The zero-order chi connectivity index (χ0) is 23.9. The molecule has 0 atom stereocenters. The molecule has 0 saturated carbocycles. The molecule has 0 spiro atoms. The maximum Gasteiger partial charge on any atom is 0.197 e. The van der Waals surface area contributed by atoms with Crippen LogP contribution in [0.3, 0.4) is 0 Å². The lowest BCUT2D eigenvalue weighted by Gasteiger charge is -2.19. The van der Waals surface area contributed by atoms with Crippen LogP contribution in [0.5, 0.6) is 17.2 Å². The van der Waals surface area contributed by atoms with E-state index in [1.54, 1.807) is 17.9 Å². The van der Waals surface area contributed by atoms with Crippen molar-refractivity contribution < 1.29 is 23.4 Å². The van der Waals surface area contributed by atoms with E-state index in [1.165, 1.54) is 0 Å². The van der Waals surface area contributed by atoms with E-state index in [4.69, 9.17) is 19.6 Å². The maximum absolute atomic E-state index is 15.3. The molecule has 2 aliphatic rings. The Kier molecular flexibility index (Phi) is 7.60. The minimum Gasteiger partial charge on any atom is -0.492 e. The predicted molar refractivity (Wildman–Crippen MR) is 135 cm³/mol. The number of ketones is 1. The second kappa shape index (κ2) is 9.94. The molecule has 2 aromatic carbocycles. The van der Waals surface area contributed by atoms with Crippen LogP contribution in [0.1, 0.15) is 67.2 Å². The predicted octanol–water partition coefficient (Wildman–Crippen LogP) is 5.46. The van der Waals surface area contributed by atoms with Crippen LogP contribution in [0.2, 0.25) is 0 Å². The minimum atomic E-state index is -0.609.